The minimum atomic E-state index is -1.35. The summed E-state index contributed by atoms with van der Waals surface area (Å²) in [6, 6.07) is -1.09. The smallest absolute Gasteiger partial charge is 0.408 e. The minimum absolute atomic E-state index is 0.224. The Morgan fingerprint density at radius 3 is 2.42 bits per heavy atom. The van der Waals surface area contributed by atoms with Gasteiger partial charge in [0.2, 0.25) is 6.41 Å². The van der Waals surface area contributed by atoms with Gasteiger partial charge in [-0.15, -0.1) is 0 Å². The molecule has 0 heterocycles. The molecular formula is C12H21N2O5-. The van der Waals surface area contributed by atoms with Crippen LogP contribution in [-0.2, 0) is 14.3 Å². The van der Waals surface area contributed by atoms with E-state index in [-0.39, 0.29) is 6.42 Å². The SMILES string of the molecule is CC(C)(C)OC(=O)NC(CCCCNC=O)C(=O)[O-]. The maximum Gasteiger partial charge on any atom is 0.408 e. The fraction of sp³-hybridized carbons (Fsp3) is 0.750. The maximum atomic E-state index is 11.4. The quantitative estimate of drug-likeness (QED) is 0.460. The molecule has 0 spiro atoms. The van der Waals surface area contributed by atoms with E-state index in [9.17, 15) is 19.5 Å². The van der Waals surface area contributed by atoms with Gasteiger partial charge in [-0.1, -0.05) is 0 Å². The van der Waals surface area contributed by atoms with Gasteiger partial charge < -0.3 is 25.3 Å². The van der Waals surface area contributed by atoms with Gasteiger partial charge in [0.1, 0.15) is 5.60 Å². The molecule has 110 valence electrons. The molecule has 0 aliphatic heterocycles. The van der Waals surface area contributed by atoms with Crippen LogP contribution in [0.25, 0.3) is 0 Å². The van der Waals surface area contributed by atoms with Gasteiger partial charge in [0.05, 0.1) is 12.0 Å². The zero-order chi connectivity index (χ0) is 14.9. The van der Waals surface area contributed by atoms with Gasteiger partial charge in [-0.2, -0.15) is 0 Å². The number of carboxylic acids is 1. The van der Waals surface area contributed by atoms with Crippen LogP contribution in [0.2, 0.25) is 0 Å². The van der Waals surface area contributed by atoms with E-state index in [1.807, 2.05) is 0 Å². The summed E-state index contributed by atoms with van der Waals surface area (Å²) >= 11 is 0. The number of rotatable bonds is 8. The van der Waals surface area contributed by atoms with Crippen LogP contribution in [0, 0.1) is 0 Å². The van der Waals surface area contributed by atoms with Crippen molar-refractivity contribution in [2.75, 3.05) is 6.54 Å². The van der Waals surface area contributed by atoms with Crippen LogP contribution in [0.1, 0.15) is 40.0 Å². The van der Waals surface area contributed by atoms with Gasteiger partial charge in [0.15, 0.2) is 0 Å². The second-order valence-electron chi connectivity index (χ2n) is 5.09. The van der Waals surface area contributed by atoms with Gasteiger partial charge in [-0.25, -0.2) is 4.79 Å². The van der Waals surface area contributed by atoms with Crippen LogP contribution >= 0.6 is 0 Å². The highest BCUT2D eigenvalue weighted by atomic mass is 16.6. The Kier molecular flexibility index (Phi) is 7.55. The lowest BCUT2D eigenvalue weighted by Crippen LogP contribution is -2.49. The Bertz CT molecular complexity index is 312. The summed E-state index contributed by atoms with van der Waals surface area (Å²) in [6.07, 6.45) is 1.18. The van der Waals surface area contributed by atoms with Crippen LogP contribution in [0.3, 0.4) is 0 Å². The minimum Gasteiger partial charge on any atom is -0.548 e. The molecule has 0 aliphatic carbocycles. The highest BCUT2D eigenvalue weighted by Crippen LogP contribution is 2.08. The molecule has 0 aromatic heterocycles. The molecule has 7 nitrogen and oxygen atoms in total. The van der Waals surface area contributed by atoms with E-state index in [0.29, 0.717) is 25.8 Å². The molecule has 7 heteroatoms. The lowest BCUT2D eigenvalue weighted by atomic mass is 10.1. The Labute approximate surface area is 112 Å². The summed E-state index contributed by atoms with van der Waals surface area (Å²) in [4.78, 5) is 32.3. The molecule has 0 saturated heterocycles. The molecule has 0 saturated carbocycles. The zero-order valence-electron chi connectivity index (χ0n) is 11.5. The molecule has 0 rings (SSSR count). The first-order chi connectivity index (χ1) is 8.76. The third kappa shape index (κ3) is 9.87. The number of amides is 2. The van der Waals surface area contributed by atoms with Crippen LogP contribution in [-0.4, -0.2) is 36.7 Å². The van der Waals surface area contributed by atoms with Gasteiger partial charge in [0.25, 0.3) is 0 Å². The number of nitrogens with one attached hydrogen (secondary N) is 2. The molecule has 1 atom stereocenters. The van der Waals surface area contributed by atoms with Gasteiger partial charge in [-0.05, 0) is 40.0 Å². The molecule has 0 radical (unpaired) electrons. The summed E-state index contributed by atoms with van der Waals surface area (Å²) in [5.41, 5.74) is -0.686. The normalized spacial score (nSPS) is 12.4. The molecule has 1 unspecified atom stereocenters. The fourth-order valence-electron chi connectivity index (χ4n) is 1.33. The topological polar surface area (TPSA) is 108 Å². The molecule has 2 N–H and O–H groups in total. The standard InChI is InChI=1S/C12H22N2O5/c1-12(2,3)19-11(18)14-9(10(16)17)6-4-5-7-13-8-15/h8-9H,4-7H2,1-3H3,(H,13,15)(H,14,18)(H,16,17)/p-1. The average molecular weight is 273 g/mol. The zero-order valence-corrected chi connectivity index (χ0v) is 11.5. The van der Waals surface area contributed by atoms with Crippen molar-refractivity contribution in [3.8, 4) is 0 Å². The van der Waals surface area contributed by atoms with Crippen molar-refractivity contribution in [2.45, 2.75) is 51.7 Å². The number of aliphatic carboxylic acids is 1. The number of carboxylic acid groups (broad SMARTS) is 1. The predicted octanol–water partition coefficient (Wildman–Crippen LogP) is -0.454. The number of carbonyl (C=O) groups excluding carboxylic acids is 3. The lowest BCUT2D eigenvalue weighted by Gasteiger charge is -2.24. The van der Waals surface area contributed by atoms with E-state index in [2.05, 4.69) is 10.6 Å². The Balaban J connectivity index is 4.08. The first-order valence-corrected chi connectivity index (χ1v) is 6.13. The first kappa shape index (κ1) is 17.2. The monoisotopic (exact) mass is 273 g/mol. The van der Waals surface area contributed by atoms with Gasteiger partial charge in [0, 0.05) is 6.54 Å². The highest BCUT2D eigenvalue weighted by molar-refractivity contribution is 5.78. The second-order valence-corrected chi connectivity index (χ2v) is 5.09. The van der Waals surface area contributed by atoms with Gasteiger partial charge >= 0.3 is 6.09 Å². The number of hydrogen-bond donors (Lipinski definition) is 2. The van der Waals surface area contributed by atoms with Crippen molar-refractivity contribution in [1.82, 2.24) is 10.6 Å². The van der Waals surface area contributed by atoms with E-state index in [0.717, 1.165) is 0 Å². The van der Waals surface area contributed by atoms with Crippen molar-refractivity contribution < 1.29 is 24.2 Å². The Hall–Kier alpha value is -1.79. The van der Waals surface area contributed by atoms with Crippen LogP contribution in [0.15, 0.2) is 0 Å². The number of unbranched alkanes of at least 4 members (excludes halogenated alkanes) is 1. The van der Waals surface area contributed by atoms with E-state index < -0.39 is 23.7 Å². The van der Waals surface area contributed by atoms with Crippen molar-refractivity contribution in [3.05, 3.63) is 0 Å². The molecule has 19 heavy (non-hydrogen) atoms. The largest absolute Gasteiger partial charge is 0.548 e. The van der Waals surface area contributed by atoms with Crippen LogP contribution in [0.5, 0.6) is 0 Å². The Morgan fingerprint density at radius 2 is 1.95 bits per heavy atom. The molecule has 2 amide bonds. The van der Waals surface area contributed by atoms with E-state index >= 15 is 0 Å². The summed E-state index contributed by atoms with van der Waals surface area (Å²) in [5.74, 6) is -1.35. The van der Waals surface area contributed by atoms with Crippen LogP contribution < -0.4 is 15.7 Å². The lowest BCUT2D eigenvalue weighted by molar-refractivity contribution is -0.308. The van der Waals surface area contributed by atoms with E-state index in [1.165, 1.54) is 0 Å². The molecule has 0 fully saturated rings. The van der Waals surface area contributed by atoms with Crippen molar-refractivity contribution in [1.29, 1.82) is 0 Å². The number of hydrogen-bond acceptors (Lipinski definition) is 5. The molecule has 0 aliphatic rings. The molecular weight excluding hydrogens is 252 g/mol. The van der Waals surface area contributed by atoms with Crippen molar-refractivity contribution >= 4 is 18.5 Å². The fourth-order valence-corrected chi connectivity index (χ4v) is 1.33. The number of carbonyl (C=O) groups is 3. The summed E-state index contributed by atoms with van der Waals surface area (Å²) in [6.45, 7) is 5.53. The second kappa shape index (κ2) is 8.34. The summed E-state index contributed by atoms with van der Waals surface area (Å²) in [5, 5.41) is 15.6. The Morgan fingerprint density at radius 1 is 1.32 bits per heavy atom. The maximum absolute atomic E-state index is 11.4. The average Bonchev–Trinajstić information content (AvgIpc) is 2.24. The third-order valence-electron chi connectivity index (χ3n) is 2.12. The molecule has 0 bridgehead atoms. The van der Waals surface area contributed by atoms with E-state index in [4.69, 9.17) is 4.74 Å². The van der Waals surface area contributed by atoms with E-state index in [1.54, 1.807) is 20.8 Å². The predicted molar refractivity (Wildman–Crippen MR) is 66.1 cm³/mol. The van der Waals surface area contributed by atoms with Gasteiger partial charge in [-0.3, -0.25) is 4.79 Å². The summed E-state index contributed by atoms with van der Waals surface area (Å²) in [7, 11) is 0. The van der Waals surface area contributed by atoms with Crippen molar-refractivity contribution in [3.63, 3.8) is 0 Å². The van der Waals surface area contributed by atoms with Crippen molar-refractivity contribution in [2.24, 2.45) is 0 Å². The third-order valence-corrected chi connectivity index (χ3v) is 2.12. The first-order valence-electron chi connectivity index (χ1n) is 6.13. The number of alkyl carbamates (subject to hydrolysis) is 1. The summed E-state index contributed by atoms with van der Waals surface area (Å²) < 4.78 is 4.96. The molecule has 0 aromatic carbocycles. The molecule has 0 aromatic rings. The van der Waals surface area contributed by atoms with Crippen LogP contribution in [0.4, 0.5) is 4.79 Å². The highest BCUT2D eigenvalue weighted by Gasteiger charge is 2.19. The number of ether oxygens (including phenoxy) is 1.